The van der Waals surface area contributed by atoms with Gasteiger partial charge in [0.2, 0.25) is 0 Å². The summed E-state index contributed by atoms with van der Waals surface area (Å²) in [6.07, 6.45) is 9.33. The summed E-state index contributed by atoms with van der Waals surface area (Å²) in [6.45, 7) is 0.583. The van der Waals surface area contributed by atoms with Gasteiger partial charge in [0.1, 0.15) is 5.82 Å². The van der Waals surface area contributed by atoms with Gasteiger partial charge < -0.3 is 10.1 Å². The van der Waals surface area contributed by atoms with Gasteiger partial charge in [-0.25, -0.2) is 4.98 Å². The number of rotatable bonds is 2. The zero-order chi connectivity index (χ0) is 11.0. The van der Waals surface area contributed by atoms with Crippen molar-refractivity contribution in [2.24, 2.45) is 5.73 Å². The lowest BCUT2D eigenvalue weighted by molar-refractivity contribution is 0.664. The third-order valence-corrected chi connectivity index (χ3v) is 3.63. The molecule has 0 spiro atoms. The lowest BCUT2D eigenvalue weighted by Gasteiger charge is -2.08. The molecule has 16 heavy (non-hydrogen) atoms. The van der Waals surface area contributed by atoms with Crippen LogP contribution in [0.1, 0.15) is 43.0 Å². The van der Waals surface area contributed by atoms with E-state index in [-0.39, 0.29) is 0 Å². The molecule has 0 aliphatic heterocycles. The van der Waals surface area contributed by atoms with Gasteiger partial charge in [0.15, 0.2) is 0 Å². The van der Waals surface area contributed by atoms with Crippen molar-refractivity contribution in [3.05, 3.63) is 35.9 Å². The summed E-state index contributed by atoms with van der Waals surface area (Å²) in [5.74, 6) is 1.87. The average molecular weight is 215 g/mol. The third kappa shape index (κ3) is 1.43. The van der Waals surface area contributed by atoms with Crippen LogP contribution in [-0.2, 0) is 6.54 Å². The summed E-state index contributed by atoms with van der Waals surface area (Å²) in [4.78, 5) is 4.59. The fourth-order valence-corrected chi connectivity index (χ4v) is 2.76. The molecule has 2 aromatic heterocycles. The number of aromatic nitrogens is 2. The molecule has 1 fully saturated rings. The molecule has 2 aromatic rings. The Kier molecular flexibility index (Phi) is 2.40. The second-order valence-electron chi connectivity index (χ2n) is 4.59. The van der Waals surface area contributed by atoms with Crippen LogP contribution in [0.25, 0.3) is 5.52 Å². The maximum atomic E-state index is 5.74. The van der Waals surface area contributed by atoms with Crippen molar-refractivity contribution in [3.8, 4) is 0 Å². The highest BCUT2D eigenvalue weighted by Gasteiger charge is 2.21. The van der Waals surface area contributed by atoms with Crippen LogP contribution in [0.5, 0.6) is 0 Å². The quantitative estimate of drug-likeness (QED) is 0.836. The number of fused-ring (bicyclic) bond motifs is 1. The molecule has 0 unspecified atom stereocenters. The Morgan fingerprint density at radius 1 is 1.38 bits per heavy atom. The smallest absolute Gasteiger partial charge is 0.116 e. The minimum Gasteiger partial charge on any atom is -0.326 e. The first kappa shape index (κ1) is 9.85. The molecule has 1 saturated carbocycles. The highest BCUT2D eigenvalue weighted by molar-refractivity contribution is 5.54. The van der Waals surface area contributed by atoms with Crippen LogP contribution in [0.4, 0.5) is 0 Å². The van der Waals surface area contributed by atoms with Gasteiger partial charge in [-0.1, -0.05) is 18.9 Å². The van der Waals surface area contributed by atoms with Gasteiger partial charge in [0.25, 0.3) is 0 Å². The molecule has 2 N–H and O–H groups in total. The summed E-state index contributed by atoms with van der Waals surface area (Å²) in [6, 6.07) is 4.14. The largest absolute Gasteiger partial charge is 0.326 e. The van der Waals surface area contributed by atoms with Crippen molar-refractivity contribution in [1.82, 2.24) is 9.38 Å². The molecule has 0 amide bonds. The number of nitrogens with two attached hydrogens (primary N) is 1. The second kappa shape index (κ2) is 3.91. The average Bonchev–Trinajstić information content (AvgIpc) is 2.96. The summed E-state index contributed by atoms with van der Waals surface area (Å²) in [5, 5.41) is 0. The second-order valence-corrected chi connectivity index (χ2v) is 4.59. The van der Waals surface area contributed by atoms with Crippen LogP contribution in [0, 0.1) is 0 Å². The number of hydrogen-bond donors (Lipinski definition) is 1. The maximum Gasteiger partial charge on any atom is 0.116 e. The predicted octanol–water partition coefficient (Wildman–Crippen LogP) is 2.45. The highest BCUT2D eigenvalue weighted by Crippen LogP contribution is 2.33. The first-order valence-electron chi connectivity index (χ1n) is 6.05. The van der Waals surface area contributed by atoms with Crippen molar-refractivity contribution in [2.75, 3.05) is 0 Å². The van der Waals surface area contributed by atoms with Crippen LogP contribution in [0.2, 0.25) is 0 Å². The van der Waals surface area contributed by atoms with E-state index in [2.05, 4.69) is 27.7 Å². The molecule has 3 rings (SSSR count). The highest BCUT2D eigenvalue weighted by atomic mass is 15.0. The lowest BCUT2D eigenvalue weighted by atomic mass is 10.1. The zero-order valence-corrected chi connectivity index (χ0v) is 9.39. The Balaban J connectivity index is 2.12. The summed E-state index contributed by atoms with van der Waals surface area (Å²) in [5.41, 5.74) is 8.09. The number of hydrogen-bond acceptors (Lipinski definition) is 2. The molecule has 1 aliphatic rings. The van der Waals surface area contributed by atoms with Gasteiger partial charge >= 0.3 is 0 Å². The van der Waals surface area contributed by atoms with Gasteiger partial charge in [0, 0.05) is 18.7 Å². The lowest BCUT2D eigenvalue weighted by Crippen LogP contribution is -2.03. The molecular weight excluding hydrogens is 198 g/mol. The fraction of sp³-hybridized carbons (Fsp3) is 0.462. The molecule has 0 aromatic carbocycles. The van der Waals surface area contributed by atoms with Gasteiger partial charge in [0.05, 0.1) is 11.7 Å². The van der Waals surface area contributed by atoms with Gasteiger partial charge in [-0.2, -0.15) is 0 Å². The molecule has 3 nitrogen and oxygen atoms in total. The maximum absolute atomic E-state index is 5.74. The Bertz CT molecular complexity index is 495. The Labute approximate surface area is 95.3 Å². The third-order valence-electron chi connectivity index (χ3n) is 3.63. The van der Waals surface area contributed by atoms with E-state index in [1.54, 1.807) is 0 Å². The Hall–Kier alpha value is -1.35. The van der Waals surface area contributed by atoms with Crippen LogP contribution in [0.3, 0.4) is 0 Å². The van der Waals surface area contributed by atoms with Gasteiger partial charge in [-0.05, 0) is 24.5 Å². The molecule has 3 heteroatoms. The van der Waals surface area contributed by atoms with Gasteiger partial charge in [-0.15, -0.1) is 0 Å². The van der Waals surface area contributed by atoms with Crippen molar-refractivity contribution in [2.45, 2.75) is 38.1 Å². The minimum atomic E-state index is 0.583. The number of imidazole rings is 1. The van der Waals surface area contributed by atoms with Crippen LogP contribution >= 0.6 is 0 Å². The van der Waals surface area contributed by atoms with Gasteiger partial charge in [-0.3, -0.25) is 0 Å². The molecular formula is C13H17N3. The minimum absolute atomic E-state index is 0.583. The fourth-order valence-electron chi connectivity index (χ4n) is 2.76. The summed E-state index contributed by atoms with van der Waals surface area (Å²) in [7, 11) is 0. The molecule has 0 radical (unpaired) electrons. The normalized spacial score (nSPS) is 17.3. The molecule has 0 saturated heterocycles. The van der Waals surface area contributed by atoms with Crippen LogP contribution < -0.4 is 5.73 Å². The SMILES string of the molecule is NCc1cccn2c(C3CCCC3)ncc12. The molecule has 2 heterocycles. The molecule has 1 aliphatic carbocycles. The van der Waals surface area contributed by atoms with E-state index in [0.717, 1.165) is 0 Å². The van der Waals surface area contributed by atoms with Crippen LogP contribution in [-0.4, -0.2) is 9.38 Å². The number of pyridine rings is 1. The van der Waals surface area contributed by atoms with E-state index in [4.69, 9.17) is 5.73 Å². The molecule has 84 valence electrons. The van der Waals surface area contributed by atoms with E-state index >= 15 is 0 Å². The van der Waals surface area contributed by atoms with E-state index < -0.39 is 0 Å². The van der Waals surface area contributed by atoms with E-state index in [0.29, 0.717) is 12.5 Å². The van der Waals surface area contributed by atoms with E-state index in [1.165, 1.54) is 42.6 Å². The van der Waals surface area contributed by atoms with Crippen LogP contribution in [0.15, 0.2) is 24.5 Å². The standard InChI is InChI=1S/C13H17N3/c14-8-11-6-3-7-16-12(11)9-15-13(16)10-4-1-2-5-10/h3,6-7,9-10H,1-2,4-5,8,14H2. The van der Waals surface area contributed by atoms with Crippen molar-refractivity contribution in [1.29, 1.82) is 0 Å². The topological polar surface area (TPSA) is 43.3 Å². The zero-order valence-electron chi connectivity index (χ0n) is 9.39. The number of nitrogens with zero attached hydrogens (tertiary/aromatic N) is 2. The Morgan fingerprint density at radius 3 is 2.94 bits per heavy atom. The first-order valence-corrected chi connectivity index (χ1v) is 6.05. The first-order chi connectivity index (χ1) is 7.90. The van der Waals surface area contributed by atoms with E-state index in [1.807, 2.05) is 6.20 Å². The summed E-state index contributed by atoms with van der Waals surface area (Å²) < 4.78 is 2.22. The predicted molar refractivity (Wildman–Crippen MR) is 64.3 cm³/mol. The van der Waals surface area contributed by atoms with Crippen molar-refractivity contribution >= 4 is 5.52 Å². The monoisotopic (exact) mass is 215 g/mol. The molecule has 0 atom stereocenters. The Morgan fingerprint density at radius 2 is 2.19 bits per heavy atom. The van der Waals surface area contributed by atoms with Crippen molar-refractivity contribution in [3.63, 3.8) is 0 Å². The molecule has 0 bridgehead atoms. The summed E-state index contributed by atoms with van der Waals surface area (Å²) >= 11 is 0. The van der Waals surface area contributed by atoms with Crippen molar-refractivity contribution < 1.29 is 0 Å². The van der Waals surface area contributed by atoms with E-state index in [9.17, 15) is 0 Å².